The highest BCUT2D eigenvalue weighted by atomic mass is 19.4. The van der Waals surface area contributed by atoms with E-state index in [0.29, 0.717) is 25.0 Å². The number of carbonyl (C=O) groups is 2. The fourth-order valence-electron chi connectivity index (χ4n) is 4.37. The van der Waals surface area contributed by atoms with Crippen LogP contribution < -0.4 is 21.1 Å². The second-order valence-corrected chi connectivity index (χ2v) is 11.0. The topological polar surface area (TPSA) is 123 Å². The van der Waals surface area contributed by atoms with Gasteiger partial charge in [0.25, 0.3) is 0 Å². The number of hydrogen-bond acceptors (Lipinski definition) is 6. The van der Waals surface area contributed by atoms with E-state index in [9.17, 15) is 27.9 Å². The van der Waals surface area contributed by atoms with Gasteiger partial charge in [0.1, 0.15) is 17.0 Å². The number of nitrogens with one attached hydrogen (secondary N) is 2. The predicted octanol–water partition coefficient (Wildman–Crippen LogP) is 4.74. The van der Waals surface area contributed by atoms with Crippen molar-refractivity contribution >= 4 is 11.8 Å². The Morgan fingerprint density at radius 2 is 1.85 bits per heavy atom. The van der Waals surface area contributed by atoms with Crippen LogP contribution in [-0.4, -0.2) is 41.2 Å². The van der Waals surface area contributed by atoms with E-state index in [0.717, 1.165) is 18.9 Å². The average molecular weight is 566 g/mol. The number of aliphatic hydroxyl groups is 1. The normalized spacial score (nSPS) is 18.3. The number of nitrogens with two attached hydrogens (primary N) is 1. The van der Waals surface area contributed by atoms with Gasteiger partial charge < -0.3 is 30.9 Å². The first-order valence-corrected chi connectivity index (χ1v) is 13.3. The maximum atomic E-state index is 13.6. The highest BCUT2D eigenvalue weighted by Gasteiger charge is 2.43. The van der Waals surface area contributed by atoms with Gasteiger partial charge >= 0.3 is 6.18 Å². The summed E-state index contributed by atoms with van der Waals surface area (Å²) in [6.45, 7) is 5.81. The molecule has 1 fully saturated rings. The predicted molar refractivity (Wildman–Crippen MR) is 143 cm³/mol. The van der Waals surface area contributed by atoms with Crippen LogP contribution in [0.3, 0.4) is 0 Å². The van der Waals surface area contributed by atoms with Gasteiger partial charge in [-0.1, -0.05) is 24.6 Å². The molecule has 8 nitrogen and oxygen atoms in total. The number of ether oxygens (including phenoxy) is 2. The Bertz CT molecular complexity index is 1150. The zero-order valence-electron chi connectivity index (χ0n) is 23.1. The highest BCUT2D eigenvalue weighted by molar-refractivity contribution is 5.92. The average Bonchev–Trinajstić information content (AvgIpc) is 3.34. The first kappa shape index (κ1) is 31.4. The van der Waals surface area contributed by atoms with E-state index in [1.807, 2.05) is 13.8 Å². The van der Waals surface area contributed by atoms with Gasteiger partial charge in [0.15, 0.2) is 0 Å². The number of hydrogen-bond donors (Lipinski definition) is 4. The number of aliphatic hydroxyl groups excluding tert-OH is 1. The highest BCUT2D eigenvalue weighted by Crippen LogP contribution is 2.39. The van der Waals surface area contributed by atoms with Crippen LogP contribution in [0.15, 0.2) is 42.5 Å². The summed E-state index contributed by atoms with van der Waals surface area (Å²) in [4.78, 5) is 25.6. The number of alkyl halides is 3. The molecule has 0 bridgehead atoms. The standard InChI is InChI=1S/C29H38F3N3O5/c1-19(36)21-9-12-24(23(16-21)29(30,31)32)40-22-10-7-20(8-11-22)17-34-26(38)28(14-15-39-18-28)35-25(37)6-4-5-13-27(2,3)33/h7-12,16,19,36H,4-6,13-15,17-18,33H2,1-3H3,(H,34,38)(H,35,37). The summed E-state index contributed by atoms with van der Waals surface area (Å²) in [6.07, 6.45) is -2.83. The minimum absolute atomic E-state index is 0.0720. The van der Waals surface area contributed by atoms with Gasteiger partial charge in [-0.3, -0.25) is 9.59 Å². The Labute approximate surface area is 232 Å². The monoisotopic (exact) mass is 565 g/mol. The van der Waals surface area contributed by atoms with Crippen LogP contribution in [0.4, 0.5) is 13.2 Å². The summed E-state index contributed by atoms with van der Waals surface area (Å²) in [7, 11) is 0. The third kappa shape index (κ3) is 8.94. The van der Waals surface area contributed by atoms with Crippen LogP contribution >= 0.6 is 0 Å². The number of carbonyl (C=O) groups excluding carboxylic acids is 2. The van der Waals surface area contributed by atoms with Crippen molar-refractivity contribution < 1.29 is 37.3 Å². The number of halogens is 3. The van der Waals surface area contributed by atoms with Crippen LogP contribution in [0.1, 0.15) is 75.7 Å². The molecule has 0 saturated carbocycles. The Morgan fingerprint density at radius 1 is 1.15 bits per heavy atom. The van der Waals surface area contributed by atoms with E-state index < -0.39 is 23.4 Å². The Kier molecular flexibility index (Phi) is 10.2. The van der Waals surface area contributed by atoms with Crippen molar-refractivity contribution in [3.05, 3.63) is 59.2 Å². The number of benzene rings is 2. The SMILES string of the molecule is CC(O)c1ccc(Oc2ccc(CNC(=O)C3(NC(=O)CCCCC(C)(C)N)CCOC3)cc2)c(C(F)(F)F)c1. The van der Waals surface area contributed by atoms with Crippen LogP contribution in [0.2, 0.25) is 0 Å². The summed E-state index contributed by atoms with van der Waals surface area (Å²) >= 11 is 0. The lowest BCUT2D eigenvalue weighted by Gasteiger charge is -2.27. The molecule has 1 saturated heterocycles. The van der Waals surface area contributed by atoms with Crippen LogP contribution in [-0.2, 0) is 27.0 Å². The molecular formula is C29H38F3N3O5. The van der Waals surface area contributed by atoms with E-state index in [1.165, 1.54) is 31.2 Å². The van der Waals surface area contributed by atoms with Crippen LogP contribution in [0.25, 0.3) is 0 Å². The zero-order chi connectivity index (χ0) is 29.6. The van der Waals surface area contributed by atoms with Crippen molar-refractivity contribution in [2.45, 2.75) is 82.8 Å². The molecule has 0 radical (unpaired) electrons. The number of amides is 2. The lowest BCUT2D eigenvalue weighted by Crippen LogP contribution is -2.59. The van der Waals surface area contributed by atoms with Gasteiger partial charge in [-0.15, -0.1) is 0 Å². The largest absolute Gasteiger partial charge is 0.457 e. The van der Waals surface area contributed by atoms with E-state index in [4.69, 9.17) is 15.2 Å². The quantitative estimate of drug-likeness (QED) is 0.276. The van der Waals surface area contributed by atoms with E-state index in [1.54, 1.807) is 12.1 Å². The van der Waals surface area contributed by atoms with E-state index in [2.05, 4.69) is 10.6 Å². The molecule has 2 atom stereocenters. The molecule has 1 aliphatic heterocycles. The molecule has 2 unspecified atom stereocenters. The molecular weight excluding hydrogens is 527 g/mol. The molecule has 220 valence electrons. The summed E-state index contributed by atoms with van der Waals surface area (Å²) in [5.74, 6) is -0.800. The van der Waals surface area contributed by atoms with Crippen molar-refractivity contribution in [2.75, 3.05) is 13.2 Å². The van der Waals surface area contributed by atoms with Gasteiger partial charge in [-0.2, -0.15) is 13.2 Å². The molecule has 0 aliphatic carbocycles. The van der Waals surface area contributed by atoms with Gasteiger partial charge in [0.05, 0.1) is 18.3 Å². The van der Waals surface area contributed by atoms with Crippen molar-refractivity contribution in [1.82, 2.24) is 10.6 Å². The van der Waals surface area contributed by atoms with Crippen LogP contribution in [0, 0.1) is 0 Å². The molecule has 11 heteroatoms. The molecule has 1 aliphatic rings. The van der Waals surface area contributed by atoms with Gasteiger partial charge in [-0.25, -0.2) is 0 Å². The smallest absolute Gasteiger partial charge is 0.419 e. The zero-order valence-corrected chi connectivity index (χ0v) is 23.1. The van der Waals surface area contributed by atoms with Crippen molar-refractivity contribution in [3.8, 4) is 11.5 Å². The van der Waals surface area contributed by atoms with E-state index >= 15 is 0 Å². The molecule has 3 rings (SSSR count). The fourth-order valence-corrected chi connectivity index (χ4v) is 4.37. The molecule has 2 aromatic rings. The number of unbranched alkanes of at least 4 members (excludes halogenated alkanes) is 1. The van der Waals surface area contributed by atoms with Gasteiger partial charge in [0, 0.05) is 31.5 Å². The Hall–Kier alpha value is -3.15. The molecule has 5 N–H and O–H groups in total. The molecule has 40 heavy (non-hydrogen) atoms. The molecule has 2 aromatic carbocycles. The third-order valence-corrected chi connectivity index (χ3v) is 6.71. The minimum atomic E-state index is -4.67. The first-order valence-electron chi connectivity index (χ1n) is 13.3. The molecule has 0 spiro atoms. The maximum Gasteiger partial charge on any atom is 0.419 e. The third-order valence-electron chi connectivity index (χ3n) is 6.71. The number of rotatable bonds is 12. The Morgan fingerprint density at radius 3 is 2.42 bits per heavy atom. The first-order chi connectivity index (χ1) is 18.7. The molecule has 1 heterocycles. The lowest BCUT2D eigenvalue weighted by atomic mass is 9.95. The van der Waals surface area contributed by atoms with E-state index in [-0.39, 0.29) is 54.0 Å². The minimum Gasteiger partial charge on any atom is -0.457 e. The molecule has 2 amide bonds. The van der Waals surface area contributed by atoms with Gasteiger partial charge in [-0.05, 0) is 69.0 Å². The van der Waals surface area contributed by atoms with Crippen molar-refractivity contribution in [3.63, 3.8) is 0 Å². The summed E-state index contributed by atoms with van der Waals surface area (Å²) in [5, 5.41) is 15.3. The second-order valence-electron chi connectivity index (χ2n) is 11.0. The summed E-state index contributed by atoms with van der Waals surface area (Å²) in [6, 6.07) is 9.68. The van der Waals surface area contributed by atoms with Crippen molar-refractivity contribution in [2.24, 2.45) is 5.73 Å². The Balaban J connectivity index is 1.58. The summed E-state index contributed by atoms with van der Waals surface area (Å²) in [5.41, 5.74) is 4.36. The van der Waals surface area contributed by atoms with Crippen molar-refractivity contribution in [1.29, 1.82) is 0 Å². The van der Waals surface area contributed by atoms with Gasteiger partial charge in [0.2, 0.25) is 11.8 Å². The second kappa shape index (κ2) is 13.0. The molecule has 0 aromatic heterocycles. The van der Waals surface area contributed by atoms with Crippen LogP contribution in [0.5, 0.6) is 11.5 Å². The maximum absolute atomic E-state index is 13.6. The lowest BCUT2D eigenvalue weighted by molar-refractivity contribution is -0.138. The fraction of sp³-hybridized carbons (Fsp3) is 0.517. The summed E-state index contributed by atoms with van der Waals surface area (Å²) < 4.78 is 51.6.